The number of rotatable bonds is 4. The zero-order valence-corrected chi connectivity index (χ0v) is 11.1. The third kappa shape index (κ3) is 3.23. The summed E-state index contributed by atoms with van der Waals surface area (Å²) in [5.41, 5.74) is 5.60. The van der Waals surface area contributed by atoms with Crippen molar-refractivity contribution in [3.8, 4) is 0 Å². The molecule has 2 rings (SSSR count). The molecular weight excluding hydrogens is 268 g/mol. The molecule has 0 unspecified atom stereocenters. The van der Waals surface area contributed by atoms with Crippen molar-refractivity contribution < 1.29 is 9.21 Å². The number of nitrogen functional groups attached to an aromatic ring is 1. The Hall–Kier alpha value is -2.08. The second-order valence-electron chi connectivity index (χ2n) is 3.82. The Balaban J connectivity index is 2.03. The topological polar surface area (TPSA) is 94.0 Å². The number of carbonyl (C=O) groups excluding carboxylic acids is 1. The number of aromatic nitrogens is 2. The first-order valence-electron chi connectivity index (χ1n) is 5.74. The summed E-state index contributed by atoms with van der Waals surface area (Å²) >= 11 is 5.88. The molecule has 0 bridgehead atoms. The van der Waals surface area contributed by atoms with Gasteiger partial charge < -0.3 is 15.5 Å². The van der Waals surface area contributed by atoms with Gasteiger partial charge in [0.2, 0.25) is 5.89 Å². The molecular formula is C12H13ClN4O2. The van der Waals surface area contributed by atoms with Crippen LogP contribution < -0.4 is 11.1 Å². The van der Waals surface area contributed by atoms with E-state index in [1.165, 1.54) is 12.1 Å². The average Bonchev–Trinajstić information content (AvgIpc) is 2.87. The summed E-state index contributed by atoms with van der Waals surface area (Å²) in [7, 11) is 0. The summed E-state index contributed by atoms with van der Waals surface area (Å²) < 4.78 is 5.37. The lowest BCUT2D eigenvalue weighted by Crippen LogP contribution is -2.24. The van der Waals surface area contributed by atoms with E-state index in [-0.39, 0.29) is 23.1 Å². The summed E-state index contributed by atoms with van der Waals surface area (Å²) in [4.78, 5) is 19.8. The number of oxazole rings is 1. The van der Waals surface area contributed by atoms with Crippen LogP contribution in [0.3, 0.4) is 0 Å². The molecule has 0 aliphatic heterocycles. The molecule has 0 spiro atoms. The molecule has 0 saturated carbocycles. The highest BCUT2D eigenvalue weighted by molar-refractivity contribution is 6.33. The van der Waals surface area contributed by atoms with E-state index in [1.807, 2.05) is 6.92 Å². The van der Waals surface area contributed by atoms with Crippen LogP contribution >= 0.6 is 11.6 Å². The van der Waals surface area contributed by atoms with Gasteiger partial charge in [-0.2, -0.15) is 0 Å². The molecule has 2 aromatic rings. The Labute approximate surface area is 115 Å². The van der Waals surface area contributed by atoms with Crippen LogP contribution in [-0.4, -0.2) is 15.9 Å². The third-order valence-electron chi connectivity index (χ3n) is 2.43. The zero-order chi connectivity index (χ0) is 13.8. The molecule has 100 valence electrons. The fraction of sp³-hybridized carbons (Fsp3) is 0.250. The maximum atomic E-state index is 11.9. The van der Waals surface area contributed by atoms with E-state index < -0.39 is 5.91 Å². The minimum atomic E-state index is -0.423. The summed E-state index contributed by atoms with van der Waals surface area (Å²) in [6, 6.07) is 3.06. The second-order valence-corrected chi connectivity index (χ2v) is 4.23. The minimum Gasteiger partial charge on any atom is -0.444 e. The molecule has 2 aromatic heterocycles. The van der Waals surface area contributed by atoms with Crippen LogP contribution in [0.1, 0.15) is 29.1 Å². The largest absolute Gasteiger partial charge is 0.444 e. The average molecular weight is 281 g/mol. The Bertz CT molecular complexity index is 597. The summed E-state index contributed by atoms with van der Waals surface area (Å²) in [6.45, 7) is 2.13. The molecule has 19 heavy (non-hydrogen) atoms. The van der Waals surface area contributed by atoms with Crippen molar-refractivity contribution in [1.29, 1.82) is 0 Å². The standard InChI is InChI=1S/C12H13ClN4O2/c1-2-7-5-15-10(19-7)6-16-12(18)11-8(13)3-4-9(14)17-11/h3-5H,2,6H2,1H3,(H2,14,17)(H,16,18). The van der Waals surface area contributed by atoms with E-state index in [9.17, 15) is 4.79 Å². The normalized spacial score (nSPS) is 10.4. The van der Waals surface area contributed by atoms with E-state index in [0.29, 0.717) is 5.89 Å². The van der Waals surface area contributed by atoms with Crippen molar-refractivity contribution in [3.05, 3.63) is 40.7 Å². The zero-order valence-electron chi connectivity index (χ0n) is 10.3. The van der Waals surface area contributed by atoms with Gasteiger partial charge in [0.15, 0.2) is 0 Å². The fourth-order valence-electron chi connectivity index (χ4n) is 1.45. The van der Waals surface area contributed by atoms with Gasteiger partial charge in [-0.05, 0) is 12.1 Å². The van der Waals surface area contributed by atoms with Crippen molar-refractivity contribution in [3.63, 3.8) is 0 Å². The Morgan fingerprint density at radius 1 is 1.53 bits per heavy atom. The van der Waals surface area contributed by atoms with Crippen molar-refractivity contribution >= 4 is 23.3 Å². The first-order valence-corrected chi connectivity index (χ1v) is 6.11. The smallest absolute Gasteiger partial charge is 0.271 e. The van der Waals surface area contributed by atoms with Gasteiger partial charge in [0.25, 0.3) is 5.91 Å². The minimum absolute atomic E-state index is 0.0870. The van der Waals surface area contributed by atoms with Crippen molar-refractivity contribution in [2.75, 3.05) is 5.73 Å². The second kappa shape index (κ2) is 5.71. The van der Waals surface area contributed by atoms with Crippen LogP contribution in [0.4, 0.5) is 5.82 Å². The van der Waals surface area contributed by atoms with Crippen LogP contribution in [0.2, 0.25) is 5.02 Å². The van der Waals surface area contributed by atoms with Crippen LogP contribution in [0.5, 0.6) is 0 Å². The Kier molecular flexibility index (Phi) is 4.01. The number of hydrogen-bond donors (Lipinski definition) is 2. The van der Waals surface area contributed by atoms with Gasteiger partial charge in [-0.25, -0.2) is 9.97 Å². The van der Waals surface area contributed by atoms with Crippen LogP contribution in [-0.2, 0) is 13.0 Å². The predicted molar refractivity (Wildman–Crippen MR) is 70.7 cm³/mol. The van der Waals surface area contributed by atoms with Gasteiger partial charge in [-0.3, -0.25) is 4.79 Å². The number of anilines is 1. The Morgan fingerprint density at radius 2 is 2.32 bits per heavy atom. The van der Waals surface area contributed by atoms with Gasteiger partial charge in [0.1, 0.15) is 17.3 Å². The van der Waals surface area contributed by atoms with Crippen LogP contribution in [0.25, 0.3) is 0 Å². The highest BCUT2D eigenvalue weighted by atomic mass is 35.5. The van der Waals surface area contributed by atoms with Gasteiger partial charge in [0.05, 0.1) is 17.8 Å². The molecule has 3 N–H and O–H groups in total. The molecule has 0 atom stereocenters. The molecule has 0 fully saturated rings. The molecule has 6 nitrogen and oxygen atoms in total. The van der Waals surface area contributed by atoms with E-state index >= 15 is 0 Å². The predicted octanol–water partition coefficient (Wildman–Crippen LogP) is 1.80. The SMILES string of the molecule is CCc1cnc(CNC(=O)c2nc(N)ccc2Cl)o1. The van der Waals surface area contributed by atoms with E-state index in [1.54, 1.807) is 6.20 Å². The molecule has 0 radical (unpaired) electrons. The number of pyridine rings is 1. The molecule has 0 saturated heterocycles. The monoisotopic (exact) mass is 280 g/mol. The first kappa shape index (κ1) is 13.4. The number of amides is 1. The van der Waals surface area contributed by atoms with Crippen LogP contribution in [0, 0.1) is 0 Å². The van der Waals surface area contributed by atoms with E-state index in [2.05, 4.69) is 15.3 Å². The third-order valence-corrected chi connectivity index (χ3v) is 2.74. The molecule has 0 aromatic carbocycles. The number of carbonyl (C=O) groups is 1. The molecule has 0 aliphatic carbocycles. The molecule has 1 amide bonds. The quantitative estimate of drug-likeness (QED) is 0.890. The molecule has 2 heterocycles. The lowest BCUT2D eigenvalue weighted by molar-refractivity contribution is 0.0942. The first-order chi connectivity index (χ1) is 9.10. The summed E-state index contributed by atoms with van der Waals surface area (Å²) in [6.07, 6.45) is 2.39. The van der Waals surface area contributed by atoms with E-state index in [0.717, 1.165) is 12.2 Å². The molecule has 7 heteroatoms. The van der Waals surface area contributed by atoms with Crippen molar-refractivity contribution in [2.45, 2.75) is 19.9 Å². The van der Waals surface area contributed by atoms with E-state index in [4.69, 9.17) is 21.8 Å². The number of halogens is 1. The van der Waals surface area contributed by atoms with Gasteiger partial charge in [0, 0.05) is 6.42 Å². The molecule has 0 aliphatic rings. The summed E-state index contributed by atoms with van der Waals surface area (Å²) in [5, 5.41) is 2.87. The van der Waals surface area contributed by atoms with Gasteiger partial charge in [-0.15, -0.1) is 0 Å². The van der Waals surface area contributed by atoms with Crippen molar-refractivity contribution in [1.82, 2.24) is 15.3 Å². The summed E-state index contributed by atoms with van der Waals surface area (Å²) in [5.74, 6) is 1.02. The highest BCUT2D eigenvalue weighted by Gasteiger charge is 2.13. The number of hydrogen-bond acceptors (Lipinski definition) is 5. The number of nitrogens with zero attached hydrogens (tertiary/aromatic N) is 2. The highest BCUT2D eigenvalue weighted by Crippen LogP contribution is 2.15. The lowest BCUT2D eigenvalue weighted by Gasteiger charge is -2.04. The number of nitrogens with two attached hydrogens (primary N) is 1. The lowest BCUT2D eigenvalue weighted by atomic mass is 10.3. The van der Waals surface area contributed by atoms with Gasteiger partial charge >= 0.3 is 0 Å². The Morgan fingerprint density at radius 3 is 3.00 bits per heavy atom. The van der Waals surface area contributed by atoms with Gasteiger partial charge in [-0.1, -0.05) is 18.5 Å². The maximum absolute atomic E-state index is 11.9. The van der Waals surface area contributed by atoms with Crippen LogP contribution in [0.15, 0.2) is 22.7 Å². The van der Waals surface area contributed by atoms with Crippen molar-refractivity contribution in [2.24, 2.45) is 0 Å². The maximum Gasteiger partial charge on any atom is 0.271 e. The number of aryl methyl sites for hydroxylation is 1. The fourth-order valence-corrected chi connectivity index (χ4v) is 1.64. The number of nitrogens with one attached hydrogen (secondary N) is 1.